The first-order valence-corrected chi connectivity index (χ1v) is 7.52. The van der Waals surface area contributed by atoms with Crippen LogP contribution in [0.5, 0.6) is 17.2 Å². The van der Waals surface area contributed by atoms with Gasteiger partial charge in [-0.1, -0.05) is 11.6 Å². The van der Waals surface area contributed by atoms with Gasteiger partial charge in [0.05, 0.1) is 15.1 Å². The van der Waals surface area contributed by atoms with E-state index >= 15 is 0 Å². The number of carboxylic acids is 1. The molecular formula is C15H9BrClF3O4. The van der Waals surface area contributed by atoms with E-state index in [9.17, 15) is 18.0 Å². The van der Waals surface area contributed by atoms with Gasteiger partial charge in [-0.25, -0.2) is 4.79 Å². The van der Waals surface area contributed by atoms with Crippen molar-refractivity contribution in [1.29, 1.82) is 0 Å². The van der Waals surface area contributed by atoms with Gasteiger partial charge in [0.2, 0.25) is 0 Å². The van der Waals surface area contributed by atoms with Crippen molar-refractivity contribution in [3.8, 4) is 17.2 Å². The molecule has 2 rings (SSSR count). The summed E-state index contributed by atoms with van der Waals surface area (Å²) in [5.74, 6) is -0.701. The first-order valence-electron chi connectivity index (χ1n) is 6.35. The van der Waals surface area contributed by atoms with Gasteiger partial charge in [-0.05, 0) is 46.3 Å². The Bertz CT molecular complexity index is 765. The third-order valence-corrected chi connectivity index (χ3v) is 3.69. The molecule has 0 aliphatic carbocycles. The Morgan fingerprint density at radius 1 is 1.17 bits per heavy atom. The van der Waals surface area contributed by atoms with Gasteiger partial charge in [0.1, 0.15) is 17.2 Å². The van der Waals surface area contributed by atoms with Crippen LogP contribution >= 0.6 is 27.5 Å². The summed E-state index contributed by atoms with van der Waals surface area (Å²) in [4.78, 5) is 10.5. The van der Waals surface area contributed by atoms with Crippen LogP contribution in [0.1, 0.15) is 5.56 Å². The summed E-state index contributed by atoms with van der Waals surface area (Å²) in [7, 11) is 0. The fourth-order valence-electron chi connectivity index (χ4n) is 1.68. The topological polar surface area (TPSA) is 55.8 Å². The van der Waals surface area contributed by atoms with Crippen molar-refractivity contribution in [2.45, 2.75) is 6.18 Å². The molecule has 0 aliphatic heterocycles. The van der Waals surface area contributed by atoms with E-state index in [-0.39, 0.29) is 22.3 Å². The van der Waals surface area contributed by atoms with Crippen LogP contribution in [0.3, 0.4) is 0 Å². The normalized spacial score (nSPS) is 11.2. The van der Waals surface area contributed by atoms with Crippen LogP contribution in [0.4, 0.5) is 13.2 Å². The molecule has 0 atom stereocenters. The third kappa shape index (κ3) is 4.78. The number of benzene rings is 2. The van der Waals surface area contributed by atoms with Gasteiger partial charge in [-0.3, -0.25) is 0 Å². The van der Waals surface area contributed by atoms with Gasteiger partial charge in [-0.15, -0.1) is 0 Å². The maximum Gasteiger partial charge on any atom is 0.416 e. The van der Waals surface area contributed by atoms with Gasteiger partial charge >= 0.3 is 12.1 Å². The zero-order valence-corrected chi connectivity index (χ0v) is 14.1. The van der Waals surface area contributed by atoms with E-state index in [4.69, 9.17) is 26.2 Å². The predicted molar refractivity (Wildman–Crippen MR) is 83.8 cm³/mol. The number of halogens is 5. The summed E-state index contributed by atoms with van der Waals surface area (Å²) < 4.78 is 48.8. The zero-order chi connectivity index (χ0) is 17.9. The van der Waals surface area contributed by atoms with Crippen LogP contribution in [0.2, 0.25) is 5.02 Å². The Balaban J connectivity index is 2.22. The van der Waals surface area contributed by atoms with Gasteiger partial charge in [0.25, 0.3) is 0 Å². The minimum atomic E-state index is -4.50. The molecule has 0 radical (unpaired) electrons. The molecular weight excluding hydrogens is 417 g/mol. The number of carboxylic acid groups (broad SMARTS) is 1. The maximum absolute atomic E-state index is 12.6. The summed E-state index contributed by atoms with van der Waals surface area (Å²) in [5.41, 5.74) is -0.888. The van der Waals surface area contributed by atoms with Crippen LogP contribution in [-0.2, 0) is 11.0 Å². The van der Waals surface area contributed by atoms with Crippen molar-refractivity contribution in [2.24, 2.45) is 0 Å². The number of hydrogen-bond donors (Lipinski definition) is 1. The molecule has 9 heteroatoms. The van der Waals surface area contributed by atoms with Crippen molar-refractivity contribution < 1.29 is 32.5 Å². The minimum Gasteiger partial charge on any atom is -0.481 e. The quantitative estimate of drug-likeness (QED) is 0.699. The Hall–Kier alpha value is -1.93. The number of rotatable bonds is 5. The fraction of sp³-hybridized carbons (Fsp3) is 0.133. The lowest BCUT2D eigenvalue weighted by molar-refractivity contribution is -0.139. The molecule has 1 N–H and O–H groups in total. The van der Waals surface area contributed by atoms with Crippen molar-refractivity contribution in [2.75, 3.05) is 6.61 Å². The second kappa shape index (κ2) is 7.31. The van der Waals surface area contributed by atoms with E-state index in [1.807, 2.05) is 0 Å². The molecule has 0 aromatic heterocycles. The Kier molecular flexibility index (Phi) is 5.61. The molecule has 0 aliphatic rings. The first-order chi connectivity index (χ1) is 11.2. The second-order valence-corrected chi connectivity index (χ2v) is 5.78. The van der Waals surface area contributed by atoms with Crippen molar-refractivity contribution in [1.82, 2.24) is 0 Å². The van der Waals surface area contributed by atoms with Gasteiger partial charge < -0.3 is 14.6 Å². The number of alkyl halides is 3. The van der Waals surface area contributed by atoms with Crippen LogP contribution in [0.25, 0.3) is 0 Å². The van der Waals surface area contributed by atoms with Gasteiger partial charge in [0, 0.05) is 6.07 Å². The molecule has 4 nitrogen and oxygen atoms in total. The smallest absolute Gasteiger partial charge is 0.416 e. The molecule has 2 aromatic rings. The van der Waals surface area contributed by atoms with E-state index in [0.29, 0.717) is 4.47 Å². The second-order valence-electron chi connectivity index (χ2n) is 4.52. The molecule has 0 unspecified atom stereocenters. The molecule has 0 fully saturated rings. The maximum atomic E-state index is 12.6. The summed E-state index contributed by atoms with van der Waals surface area (Å²) in [6, 6.07) is 7.17. The number of carbonyl (C=O) groups is 1. The van der Waals surface area contributed by atoms with Gasteiger partial charge in [-0.2, -0.15) is 13.2 Å². The highest BCUT2D eigenvalue weighted by molar-refractivity contribution is 9.10. The average molecular weight is 426 g/mol. The van der Waals surface area contributed by atoms with E-state index in [2.05, 4.69) is 15.9 Å². The number of hydrogen-bond acceptors (Lipinski definition) is 3. The Morgan fingerprint density at radius 3 is 2.46 bits per heavy atom. The number of aliphatic carboxylic acids is 1. The Morgan fingerprint density at radius 2 is 1.88 bits per heavy atom. The van der Waals surface area contributed by atoms with Crippen molar-refractivity contribution in [3.63, 3.8) is 0 Å². The van der Waals surface area contributed by atoms with Crippen LogP contribution in [-0.4, -0.2) is 17.7 Å². The summed E-state index contributed by atoms with van der Waals surface area (Å²) in [6.45, 7) is -0.552. The first kappa shape index (κ1) is 18.4. The zero-order valence-electron chi connectivity index (χ0n) is 11.7. The lowest BCUT2D eigenvalue weighted by atomic mass is 10.2. The number of ether oxygens (including phenoxy) is 2. The third-order valence-electron chi connectivity index (χ3n) is 2.74. The van der Waals surface area contributed by atoms with Crippen LogP contribution < -0.4 is 9.47 Å². The van der Waals surface area contributed by atoms with Crippen LogP contribution in [0, 0.1) is 0 Å². The summed E-state index contributed by atoms with van der Waals surface area (Å²) in [6.07, 6.45) is -4.50. The minimum absolute atomic E-state index is 0.0242. The molecule has 24 heavy (non-hydrogen) atoms. The molecule has 0 heterocycles. The lowest BCUT2D eigenvalue weighted by Gasteiger charge is -2.12. The van der Waals surface area contributed by atoms with Crippen molar-refractivity contribution >= 4 is 33.5 Å². The highest BCUT2D eigenvalue weighted by Crippen LogP contribution is 2.38. The molecule has 0 spiro atoms. The summed E-state index contributed by atoms with van der Waals surface area (Å²) >= 11 is 9.00. The Labute approximate surface area is 147 Å². The summed E-state index contributed by atoms with van der Waals surface area (Å²) in [5, 5.41) is 8.41. The molecule has 128 valence electrons. The highest BCUT2D eigenvalue weighted by atomic mass is 79.9. The molecule has 0 saturated heterocycles. The molecule has 0 bridgehead atoms. The van der Waals surface area contributed by atoms with Gasteiger partial charge in [0.15, 0.2) is 6.61 Å². The van der Waals surface area contributed by atoms with E-state index in [1.165, 1.54) is 12.1 Å². The molecule has 0 amide bonds. The van der Waals surface area contributed by atoms with E-state index in [0.717, 1.165) is 18.2 Å². The van der Waals surface area contributed by atoms with E-state index in [1.54, 1.807) is 6.07 Å². The molecule has 0 saturated carbocycles. The van der Waals surface area contributed by atoms with Crippen molar-refractivity contribution in [3.05, 3.63) is 51.5 Å². The highest BCUT2D eigenvalue weighted by Gasteiger charge is 2.31. The fourth-order valence-corrected chi connectivity index (χ4v) is 2.26. The SMILES string of the molecule is O=C(O)COc1cc(Oc2ccc(C(F)(F)F)cc2Cl)ccc1Br. The predicted octanol–water partition coefficient (Wildman–Crippen LogP) is 5.38. The average Bonchev–Trinajstić information content (AvgIpc) is 2.48. The lowest BCUT2D eigenvalue weighted by Crippen LogP contribution is -2.09. The largest absolute Gasteiger partial charge is 0.481 e. The van der Waals surface area contributed by atoms with Crippen LogP contribution in [0.15, 0.2) is 40.9 Å². The standard InChI is InChI=1S/C15H9BrClF3O4/c16-10-3-2-9(6-13(10)23-7-14(21)22)24-12-4-1-8(5-11(12)17)15(18,19)20/h1-6H,7H2,(H,21,22). The van der Waals surface area contributed by atoms with E-state index < -0.39 is 24.3 Å². The monoisotopic (exact) mass is 424 g/mol. The molecule has 2 aromatic carbocycles.